The average Bonchev–Trinajstić information content (AvgIpc) is 3.10. The first kappa shape index (κ1) is 24.2. The van der Waals surface area contributed by atoms with Crippen molar-refractivity contribution in [2.45, 2.75) is 65.8 Å². The summed E-state index contributed by atoms with van der Waals surface area (Å²) in [4.78, 5) is 16.7. The number of alkyl carbamates (subject to hydrolysis) is 1. The van der Waals surface area contributed by atoms with E-state index in [1.807, 2.05) is 76.8 Å². The molecule has 170 valence electrons. The average molecular weight is 429 g/mol. The van der Waals surface area contributed by atoms with Crippen molar-refractivity contribution in [1.82, 2.24) is 25.7 Å². The van der Waals surface area contributed by atoms with Crippen LogP contribution in [0.5, 0.6) is 0 Å². The van der Waals surface area contributed by atoms with Gasteiger partial charge in [0.15, 0.2) is 5.96 Å². The highest BCUT2D eigenvalue weighted by Gasteiger charge is 2.24. The predicted octanol–water partition coefficient (Wildman–Crippen LogP) is 3.29. The molecule has 0 atom stereocenters. The van der Waals surface area contributed by atoms with Gasteiger partial charge in [-0.1, -0.05) is 30.3 Å². The standard InChI is InChI=1S/C23H36N6O2/c1-7-24-20(26-17-23(5,6)28-21(30)31-22(2,3)4)25-13-19-14-27-29(16-19)15-18-11-9-8-10-12-18/h8-12,14,16H,7,13,15,17H2,1-6H3,(H,28,30)(H2,24,25,26). The topological polar surface area (TPSA) is 92.6 Å². The van der Waals surface area contributed by atoms with E-state index in [4.69, 9.17) is 4.74 Å². The van der Waals surface area contributed by atoms with Crippen LogP contribution in [-0.4, -0.2) is 46.1 Å². The third-order valence-corrected chi connectivity index (χ3v) is 4.18. The molecule has 31 heavy (non-hydrogen) atoms. The van der Waals surface area contributed by atoms with Crippen LogP contribution in [-0.2, 0) is 17.8 Å². The van der Waals surface area contributed by atoms with Crippen molar-refractivity contribution in [3.8, 4) is 0 Å². The van der Waals surface area contributed by atoms with E-state index in [2.05, 4.69) is 38.2 Å². The van der Waals surface area contributed by atoms with E-state index in [-0.39, 0.29) is 0 Å². The number of carbonyl (C=O) groups is 1. The third kappa shape index (κ3) is 9.55. The number of hydrogen-bond acceptors (Lipinski definition) is 4. The van der Waals surface area contributed by atoms with Crippen LogP contribution >= 0.6 is 0 Å². The monoisotopic (exact) mass is 428 g/mol. The lowest BCUT2D eigenvalue weighted by molar-refractivity contribution is 0.0474. The number of aliphatic imine (C=N–C) groups is 1. The minimum Gasteiger partial charge on any atom is -0.444 e. The van der Waals surface area contributed by atoms with Gasteiger partial charge < -0.3 is 20.7 Å². The van der Waals surface area contributed by atoms with Gasteiger partial charge in [0.2, 0.25) is 0 Å². The van der Waals surface area contributed by atoms with E-state index in [0.29, 0.717) is 19.0 Å². The number of aromatic nitrogens is 2. The van der Waals surface area contributed by atoms with Crippen LogP contribution in [0.15, 0.2) is 47.7 Å². The summed E-state index contributed by atoms with van der Waals surface area (Å²) in [7, 11) is 0. The summed E-state index contributed by atoms with van der Waals surface area (Å²) < 4.78 is 7.26. The molecule has 0 aliphatic heterocycles. The molecule has 0 saturated carbocycles. The number of hydrogen-bond donors (Lipinski definition) is 3. The largest absolute Gasteiger partial charge is 0.444 e. The highest BCUT2D eigenvalue weighted by Crippen LogP contribution is 2.09. The zero-order valence-electron chi connectivity index (χ0n) is 19.5. The molecule has 8 heteroatoms. The first-order valence-electron chi connectivity index (χ1n) is 10.6. The maximum Gasteiger partial charge on any atom is 0.408 e. The fraction of sp³-hybridized carbons (Fsp3) is 0.522. The van der Waals surface area contributed by atoms with Gasteiger partial charge in [-0.15, -0.1) is 0 Å². The number of carbonyl (C=O) groups excluding carboxylic acids is 1. The first-order valence-corrected chi connectivity index (χ1v) is 10.6. The number of nitrogens with one attached hydrogen (secondary N) is 3. The zero-order chi connectivity index (χ0) is 22.9. The van der Waals surface area contributed by atoms with Gasteiger partial charge in [0.25, 0.3) is 0 Å². The summed E-state index contributed by atoms with van der Waals surface area (Å²) >= 11 is 0. The summed E-state index contributed by atoms with van der Waals surface area (Å²) in [6, 6.07) is 10.2. The Hall–Kier alpha value is -3.03. The normalized spacial score (nSPS) is 12.4. The lowest BCUT2D eigenvalue weighted by Crippen LogP contribution is -2.54. The SMILES string of the molecule is CCNC(=NCc1cnn(Cc2ccccc2)c1)NCC(C)(C)NC(=O)OC(C)(C)C. The molecule has 8 nitrogen and oxygen atoms in total. The van der Waals surface area contributed by atoms with Crippen LogP contribution in [0, 0.1) is 0 Å². The van der Waals surface area contributed by atoms with Crippen LogP contribution in [0.2, 0.25) is 0 Å². The van der Waals surface area contributed by atoms with E-state index in [9.17, 15) is 4.79 Å². The molecule has 0 fully saturated rings. The molecule has 1 aromatic carbocycles. The predicted molar refractivity (Wildman–Crippen MR) is 124 cm³/mol. The Morgan fingerprint density at radius 3 is 2.45 bits per heavy atom. The van der Waals surface area contributed by atoms with Crippen LogP contribution in [0.3, 0.4) is 0 Å². The number of nitrogens with zero attached hydrogens (tertiary/aromatic N) is 3. The second kappa shape index (κ2) is 10.8. The quantitative estimate of drug-likeness (QED) is 0.443. The van der Waals surface area contributed by atoms with Gasteiger partial charge in [0, 0.05) is 24.8 Å². The molecule has 2 aromatic rings. The van der Waals surface area contributed by atoms with Gasteiger partial charge in [0.05, 0.1) is 24.8 Å². The Bertz CT molecular complexity index is 852. The number of guanidine groups is 1. The minimum atomic E-state index is -0.533. The van der Waals surface area contributed by atoms with Crippen molar-refractivity contribution >= 4 is 12.1 Å². The van der Waals surface area contributed by atoms with Crippen LogP contribution in [0.1, 0.15) is 52.7 Å². The summed E-state index contributed by atoms with van der Waals surface area (Å²) in [5, 5.41) is 13.8. The number of benzene rings is 1. The fourth-order valence-corrected chi connectivity index (χ4v) is 2.79. The van der Waals surface area contributed by atoms with Gasteiger partial charge in [-0.05, 0) is 47.1 Å². The molecule has 0 unspecified atom stereocenters. The molecule has 0 bridgehead atoms. The van der Waals surface area contributed by atoms with Gasteiger partial charge >= 0.3 is 6.09 Å². The minimum absolute atomic E-state index is 0.438. The van der Waals surface area contributed by atoms with Crippen LogP contribution < -0.4 is 16.0 Å². The summed E-state index contributed by atoms with van der Waals surface area (Å²) in [6.45, 7) is 13.9. The second-order valence-corrected chi connectivity index (χ2v) is 9.09. The smallest absolute Gasteiger partial charge is 0.408 e. The van der Waals surface area contributed by atoms with Crippen LogP contribution in [0.4, 0.5) is 4.79 Å². The molecule has 3 N–H and O–H groups in total. The van der Waals surface area contributed by atoms with Crippen molar-refractivity contribution < 1.29 is 9.53 Å². The molecule has 1 aromatic heterocycles. The van der Waals surface area contributed by atoms with Crippen molar-refractivity contribution in [3.05, 3.63) is 53.9 Å². The Kier molecular flexibility index (Phi) is 8.47. The van der Waals surface area contributed by atoms with Gasteiger partial charge in [0.1, 0.15) is 5.60 Å². The summed E-state index contributed by atoms with van der Waals surface area (Å²) in [5.41, 5.74) is 1.18. The van der Waals surface area contributed by atoms with Crippen molar-refractivity contribution in [3.63, 3.8) is 0 Å². The maximum atomic E-state index is 12.1. The highest BCUT2D eigenvalue weighted by molar-refractivity contribution is 5.80. The Balaban J connectivity index is 1.90. The lowest BCUT2D eigenvalue weighted by Gasteiger charge is -2.29. The second-order valence-electron chi connectivity index (χ2n) is 9.09. The van der Waals surface area contributed by atoms with Crippen LogP contribution in [0.25, 0.3) is 0 Å². The molecule has 1 amide bonds. The van der Waals surface area contributed by atoms with Crippen molar-refractivity contribution in [2.75, 3.05) is 13.1 Å². The summed E-state index contributed by atoms with van der Waals surface area (Å²) in [5.74, 6) is 0.678. The highest BCUT2D eigenvalue weighted by atomic mass is 16.6. The Morgan fingerprint density at radius 1 is 1.10 bits per heavy atom. The Morgan fingerprint density at radius 2 is 1.81 bits per heavy atom. The fourth-order valence-electron chi connectivity index (χ4n) is 2.79. The number of rotatable bonds is 8. The number of ether oxygens (including phenoxy) is 1. The molecule has 2 rings (SSSR count). The Labute approximate surface area is 185 Å². The van der Waals surface area contributed by atoms with Gasteiger partial charge in [-0.2, -0.15) is 5.10 Å². The molecule has 0 spiro atoms. The lowest BCUT2D eigenvalue weighted by atomic mass is 10.1. The number of amides is 1. The van der Waals surface area contributed by atoms with Crippen molar-refractivity contribution in [1.29, 1.82) is 0 Å². The molecular formula is C23H36N6O2. The van der Waals surface area contributed by atoms with E-state index >= 15 is 0 Å². The molecule has 1 heterocycles. The third-order valence-electron chi connectivity index (χ3n) is 4.18. The van der Waals surface area contributed by atoms with E-state index in [0.717, 1.165) is 18.7 Å². The molecular weight excluding hydrogens is 392 g/mol. The van der Waals surface area contributed by atoms with Crippen molar-refractivity contribution in [2.24, 2.45) is 4.99 Å². The molecule has 0 aliphatic rings. The first-order chi connectivity index (χ1) is 14.6. The zero-order valence-corrected chi connectivity index (χ0v) is 19.5. The van der Waals surface area contributed by atoms with E-state index < -0.39 is 17.2 Å². The van der Waals surface area contributed by atoms with Gasteiger partial charge in [-0.3, -0.25) is 4.68 Å². The van der Waals surface area contributed by atoms with Gasteiger partial charge in [-0.25, -0.2) is 9.79 Å². The molecule has 0 radical (unpaired) electrons. The molecule has 0 aliphatic carbocycles. The maximum absolute atomic E-state index is 12.1. The summed E-state index contributed by atoms with van der Waals surface area (Å²) in [6.07, 6.45) is 3.41. The molecule has 0 saturated heterocycles. The van der Waals surface area contributed by atoms with E-state index in [1.54, 1.807) is 0 Å². The van der Waals surface area contributed by atoms with E-state index in [1.165, 1.54) is 5.56 Å².